The minimum atomic E-state index is -0.130. The average Bonchev–Trinajstić information content (AvgIpc) is 3.31. The molecular weight excluding hydrogens is 440 g/mol. The van der Waals surface area contributed by atoms with Crippen molar-refractivity contribution in [2.45, 2.75) is 32.7 Å². The molecule has 3 aromatic rings. The summed E-state index contributed by atoms with van der Waals surface area (Å²) in [5.74, 6) is 1.58. The van der Waals surface area contributed by atoms with Gasteiger partial charge in [-0.05, 0) is 51.0 Å². The average molecular weight is 475 g/mol. The fourth-order valence-corrected chi connectivity index (χ4v) is 5.01. The summed E-state index contributed by atoms with van der Waals surface area (Å²) in [6.07, 6.45) is 2.31. The van der Waals surface area contributed by atoms with E-state index in [9.17, 15) is 4.79 Å². The van der Waals surface area contributed by atoms with E-state index in [4.69, 9.17) is 14.5 Å². The van der Waals surface area contributed by atoms with Gasteiger partial charge in [0, 0.05) is 59.9 Å². The molecule has 2 saturated heterocycles. The van der Waals surface area contributed by atoms with E-state index in [0.29, 0.717) is 18.2 Å². The number of benzene rings is 2. The first kappa shape index (κ1) is 23.6. The molecule has 0 saturated carbocycles. The van der Waals surface area contributed by atoms with Crippen molar-refractivity contribution >= 4 is 28.2 Å². The predicted molar refractivity (Wildman–Crippen MR) is 140 cm³/mol. The number of hydrogen-bond acceptors (Lipinski definition) is 6. The van der Waals surface area contributed by atoms with Crippen LogP contribution in [0.2, 0.25) is 0 Å². The van der Waals surface area contributed by atoms with E-state index in [0.717, 1.165) is 86.0 Å². The zero-order chi connectivity index (χ0) is 24.2. The van der Waals surface area contributed by atoms with E-state index < -0.39 is 0 Å². The van der Waals surface area contributed by atoms with Gasteiger partial charge in [0.25, 0.3) is 5.91 Å². The van der Waals surface area contributed by atoms with Gasteiger partial charge in [-0.2, -0.15) is 0 Å². The molecule has 0 spiro atoms. The first-order valence-corrected chi connectivity index (χ1v) is 12.6. The van der Waals surface area contributed by atoms with Crippen LogP contribution < -0.4 is 15.0 Å². The third-order valence-corrected chi connectivity index (χ3v) is 6.95. The topological polar surface area (TPSA) is 66.9 Å². The lowest BCUT2D eigenvalue weighted by Crippen LogP contribution is -2.38. The maximum absolute atomic E-state index is 13.3. The molecule has 184 valence electrons. The van der Waals surface area contributed by atoms with Crippen LogP contribution >= 0.6 is 0 Å². The SMILES string of the molecule is Cc1cc(C(=O)Nc2ccc(OCCN3CCOCC3)c3ccccc23)cc(N2CCCC2C)n1. The van der Waals surface area contributed by atoms with Gasteiger partial charge >= 0.3 is 0 Å². The van der Waals surface area contributed by atoms with Gasteiger partial charge in [0.1, 0.15) is 18.2 Å². The van der Waals surface area contributed by atoms with E-state index in [1.54, 1.807) is 0 Å². The summed E-state index contributed by atoms with van der Waals surface area (Å²) < 4.78 is 11.6. The van der Waals surface area contributed by atoms with Crippen molar-refractivity contribution in [3.63, 3.8) is 0 Å². The summed E-state index contributed by atoms with van der Waals surface area (Å²) in [6.45, 7) is 10.1. The number of carbonyl (C=O) groups excluding carboxylic acids is 1. The highest BCUT2D eigenvalue weighted by molar-refractivity contribution is 6.10. The van der Waals surface area contributed by atoms with Crippen molar-refractivity contribution in [1.29, 1.82) is 0 Å². The number of aryl methyl sites for hydroxylation is 1. The number of morpholine rings is 1. The van der Waals surface area contributed by atoms with Crippen LogP contribution in [0.1, 0.15) is 35.8 Å². The van der Waals surface area contributed by atoms with Crippen LogP contribution in [0.5, 0.6) is 5.75 Å². The Morgan fingerprint density at radius 1 is 1.11 bits per heavy atom. The summed E-state index contributed by atoms with van der Waals surface area (Å²) >= 11 is 0. The smallest absolute Gasteiger partial charge is 0.255 e. The number of anilines is 2. The number of fused-ring (bicyclic) bond motifs is 1. The van der Waals surface area contributed by atoms with Crippen molar-refractivity contribution in [3.8, 4) is 5.75 Å². The zero-order valence-electron chi connectivity index (χ0n) is 20.6. The minimum absolute atomic E-state index is 0.130. The van der Waals surface area contributed by atoms with Gasteiger partial charge < -0.3 is 19.7 Å². The highest BCUT2D eigenvalue weighted by atomic mass is 16.5. The van der Waals surface area contributed by atoms with Gasteiger partial charge in [0.05, 0.1) is 13.2 Å². The lowest BCUT2D eigenvalue weighted by molar-refractivity contribution is 0.0323. The minimum Gasteiger partial charge on any atom is -0.492 e. The normalized spacial score (nSPS) is 18.7. The number of amides is 1. The highest BCUT2D eigenvalue weighted by Crippen LogP contribution is 2.32. The molecule has 2 aliphatic heterocycles. The molecule has 1 N–H and O–H groups in total. The van der Waals surface area contributed by atoms with Crippen molar-refractivity contribution < 1.29 is 14.3 Å². The Morgan fingerprint density at radius 3 is 2.69 bits per heavy atom. The van der Waals surface area contributed by atoms with Gasteiger partial charge in [-0.25, -0.2) is 4.98 Å². The van der Waals surface area contributed by atoms with Crippen LogP contribution in [0.3, 0.4) is 0 Å². The van der Waals surface area contributed by atoms with Crippen LogP contribution in [0, 0.1) is 6.92 Å². The summed E-state index contributed by atoms with van der Waals surface area (Å²) in [4.78, 5) is 22.6. The second-order valence-electron chi connectivity index (χ2n) is 9.45. The Hall–Kier alpha value is -3.16. The van der Waals surface area contributed by atoms with Crippen molar-refractivity contribution in [2.24, 2.45) is 0 Å². The summed E-state index contributed by atoms with van der Waals surface area (Å²) in [6, 6.07) is 16.1. The maximum Gasteiger partial charge on any atom is 0.255 e. The van der Waals surface area contributed by atoms with Crippen LogP contribution in [0.15, 0.2) is 48.5 Å². The number of ether oxygens (including phenoxy) is 2. The van der Waals surface area contributed by atoms with Gasteiger partial charge in [-0.1, -0.05) is 24.3 Å². The lowest BCUT2D eigenvalue weighted by Gasteiger charge is -2.26. The number of nitrogens with zero attached hydrogens (tertiary/aromatic N) is 3. The van der Waals surface area contributed by atoms with Crippen molar-refractivity contribution in [2.75, 3.05) is 56.2 Å². The third kappa shape index (κ3) is 5.41. The monoisotopic (exact) mass is 474 g/mol. The summed E-state index contributed by atoms with van der Waals surface area (Å²) in [5, 5.41) is 5.08. The second kappa shape index (κ2) is 10.6. The van der Waals surface area contributed by atoms with E-state index in [2.05, 4.69) is 22.0 Å². The maximum atomic E-state index is 13.3. The van der Waals surface area contributed by atoms with Gasteiger partial charge in [0.2, 0.25) is 0 Å². The number of aromatic nitrogens is 1. The third-order valence-electron chi connectivity index (χ3n) is 6.95. The fraction of sp³-hybridized carbons (Fsp3) is 0.429. The second-order valence-corrected chi connectivity index (χ2v) is 9.45. The quantitative estimate of drug-likeness (QED) is 0.544. The molecule has 3 heterocycles. The van der Waals surface area contributed by atoms with Gasteiger partial charge in [-0.3, -0.25) is 9.69 Å². The van der Waals surface area contributed by atoms with E-state index in [1.807, 2.05) is 55.5 Å². The molecule has 0 radical (unpaired) electrons. The predicted octanol–water partition coefficient (Wildman–Crippen LogP) is 4.50. The molecule has 1 amide bonds. The largest absolute Gasteiger partial charge is 0.492 e. The molecule has 35 heavy (non-hydrogen) atoms. The fourth-order valence-electron chi connectivity index (χ4n) is 5.01. The molecule has 0 bridgehead atoms. The molecule has 1 atom stereocenters. The molecular formula is C28H34N4O3. The standard InChI is InChI=1S/C28H34N4O3/c1-20-18-22(19-27(29-20)32-11-5-6-21(32)2)28(33)30-25-9-10-26(24-8-4-3-7-23(24)25)35-17-14-31-12-15-34-16-13-31/h3-4,7-10,18-19,21H,5-6,11-17H2,1-2H3,(H,30,33). The Morgan fingerprint density at radius 2 is 1.91 bits per heavy atom. The summed E-state index contributed by atoms with van der Waals surface area (Å²) in [7, 11) is 0. The van der Waals surface area contributed by atoms with Gasteiger partial charge in [0.15, 0.2) is 0 Å². The number of pyridine rings is 1. The van der Waals surface area contributed by atoms with E-state index in [-0.39, 0.29) is 5.91 Å². The molecule has 1 unspecified atom stereocenters. The number of nitrogens with one attached hydrogen (secondary N) is 1. The Kier molecular flexibility index (Phi) is 7.16. The number of hydrogen-bond donors (Lipinski definition) is 1. The lowest BCUT2D eigenvalue weighted by atomic mass is 10.1. The van der Waals surface area contributed by atoms with Crippen LogP contribution in [0.4, 0.5) is 11.5 Å². The van der Waals surface area contributed by atoms with Gasteiger partial charge in [-0.15, -0.1) is 0 Å². The number of carbonyl (C=O) groups is 1. The zero-order valence-corrected chi connectivity index (χ0v) is 20.6. The Labute approximate surface area is 207 Å². The summed E-state index contributed by atoms with van der Waals surface area (Å²) in [5.41, 5.74) is 2.25. The van der Waals surface area contributed by atoms with Crippen LogP contribution in [-0.2, 0) is 4.74 Å². The first-order valence-electron chi connectivity index (χ1n) is 12.6. The molecule has 5 rings (SSSR count). The molecule has 7 nitrogen and oxygen atoms in total. The van der Waals surface area contributed by atoms with E-state index >= 15 is 0 Å². The number of rotatable bonds is 7. The van der Waals surface area contributed by atoms with Crippen LogP contribution in [-0.4, -0.2) is 67.8 Å². The van der Waals surface area contributed by atoms with Crippen molar-refractivity contribution in [1.82, 2.24) is 9.88 Å². The molecule has 7 heteroatoms. The molecule has 2 fully saturated rings. The molecule has 0 aliphatic carbocycles. The first-order chi connectivity index (χ1) is 17.1. The molecule has 2 aliphatic rings. The van der Waals surface area contributed by atoms with Crippen LogP contribution in [0.25, 0.3) is 10.8 Å². The molecule has 2 aromatic carbocycles. The Balaban J connectivity index is 1.33. The van der Waals surface area contributed by atoms with E-state index in [1.165, 1.54) is 0 Å². The highest BCUT2D eigenvalue weighted by Gasteiger charge is 2.23. The van der Waals surface area contributed by atoms with Crippen molar-refractivity contribution in [3.05, 3.63) is 59.8 Å². The molecule has 1 aromatic heterocycles. The Bertz CT molecular complexity index is 1190.